The van der Waals surface area contributed by atoms with Crippen molar-refractivity contribution in [2.75, 3.05) is 20.1 Å². The van der Waals surface area contributed by atoms with Crippen LogP contribution in [0.15, 0.2) is 90.1 Å². The van der Waals surface area contributed by atoms with E-state index in [1.807, 2.05) is 38.1 Å². The number of carbonyl (C=O) groups excluding carboxylic acids is 11. The molecule has 3 aromatic carbocycles. The number of ketones is 4. The maximum Gasteiger partial charge on any atom is 0.315 e. The highest BCUT2D eigenvalue weighted by Crippen LogP contribution is 2.26. The number of aliphatic imine (C=N–C) groups is 1. The number of hydrogen-bond acceptors (Lipinski definition) is 14. The number of hydrogen-bond donors (Lipinski definition) is 13. The van der Waals surface area contributed by atoms with Gasteiger partial charge in [-0.2, -0.15) is 0 Å². The number of nitrogens with one attached hydrogen (secondary N) is 8. The zero-order valence-corrected chi connectivity index (χ0v) is 49.8. The van der Waals surface area contributed by atoms with E-state index in [2.05, 4.69) is 47.2 Å². The molecule has 0 saturated heterocycles. The summed E-state index contributed by atoms with van der Waals surface area (Å²) in [6.07, 6.45) is -1.53. The zero-order valence-electron chi connectivity index (χ0n) is 49.8. The first-order chi connectivity index (χ1) is 40.6. The SMILES string of the molecule is CN=C(N)NCCC[C@H](CC(=O)[C@H](CC(C)C)NC(=O)NCC(=O)[C@H](Cc1ccccc1)NC(=O)[C@@H](CC(=O)[C@H](CC(N)=O)NC(=O)C(C)(C)CC(=O)[C@@H](Cc1ccc(O)cc1)NC(C)=O)[C@@H](C)O)C(=O)N[C@@H](Cc1c[nH]c2ccccc12)C(N)=O. The number of aromatic nitrogens is 1. The standard InChI is InChI=1S/C61H84N12O13/c1-34(2)24-45(50(77)28-39(16-13-23-66-59(64)65-7)56(83)71-49(55(63)82)27-40-32-67-44-18-12-11-17-42(40)44)73-60(86)68-33-53(80)47(25-37-14-9-8-10-15-37)70-57(84)43(35(3)74)29-51(78)48(30-54(62)81)72-58(85)61(5,6)31-52(79)46(69-36(4)75)26-38-19-21-41(76)22-20-38/h8-12,14-15,17-22,32,34-35,39,43,45-49,67,74,76H,13,16,23-31,33H2,1-7H3,(H2,62,81)(H2,63,82)(H,69,75)(H,70,84)(H,71,83)(H,72,85)(H3,64,65,66)(H2,68,73,86)/t35-,39-,43+,45+,46-,47+,48+,49+/m1/s1. The maximum absolute atomic E-state index is 14.2. The fraction of sp³-hybridized carbons (Fsp3) is 0.475. The van der Waals surface area contributed by atoms with Gasteiger partial charge in [-0.1, -0.05) is 88.4 Å². The molecule has 8 atom stereocenters. The van der Waals surface area contributed by atoms with Crippen LogP contribution >= 0.6 is 0 Å². The van der Waals surface area contributed by atoms with Crippen LogP contribution < -0.4 is 54.4 Å². The molecule has 466 valence electrons. The van der Waals surface area contributed by atoms with Crippen LogP contribution in [0.2, 0.25) is 0 Å². The van der Waals surface area contributed by atoms with Crippen LogP contribution in [0.4, 0.5) is 4.79 Å². The van der Waals surface area contributed by atoms with E-state index in [9.17, 15) is 63.0 Å². The van der Waals surface area contributed by atoms with E-state index in [1.165, 1.54) is 46.9 Å². The summed E-state index contributed by atoms with van der Waals surface area (Å²) < 4.78 is 0. The number of carbonyl (C=O) groups is 11. The lowest BCUT2D eigenvalue weighted by molar-refractivity contribution is -0.139. The van der Waals surface area contributed by atoms with Crippen LogP contribution in [-0.4, -0.2) is 142 Å². The number of amides is 8. The highest BCUT2D eigenvalue weighted by Gasteiger charge is 2.39. The van der Waals surface area contributed by atoms with Gasteiger partial charge in [0.05, 0.1) is 54.6 Å². The van der Waals surface area contributed by atoms with Crippen LogP contribution in [0, 0.1) is 23.2 Å². The predicted molar refractivity (Wildman–Crippen MR) is 321 cm³/mol. The number of phenolic OH excluding ortho intramolecular Hbond substituents is 1. The Balaban J connectivity index is 1.48. The molecule has 8 amide bonds. The van der Waals surface area contributed by atoms with Crippen LogP contribution in [0.25, 0.3) is 10.9 Å². The number of aliphatic hydroxyl groups excluding tert-OH is 1. The number of Topliss-reactive ketones (excluding diaryl/α,β-unsaturated/α-hetero) is 4. The third-order valence-corrected chi connectivity index (χ3v) is 14.5. The van der Waals surface area contributed by atoms with Gasteiger partial charge in [0.1, 0.15) is 11.8 Å². The van der Waals surface area contributed by atoms with Gasteiger partial charge in [0.15, 0.2) is 29.1 Å². The van der Waals surface area contributed by atoms with Crippen molar-refractivity contribution in [3.05, 3.63) is 102 Å². The van der Waals surface area contributed by atoms with Crippen molar-refractivity contribution in [1.82, 2.24) is 42.2 Å². The van der Waals surface area contributed by atoms with Gasteiger partial charge in [0.25, 0.3) is 0 Å². The van der Waals surface area contributed by atoms with Crippen molar-refractivity contribution in [3.63, 3.8) is 0 Å². The molecule has 1 aromatic heterocycles. The second-order valence-corrected chi connectivity index (χ2v) is 22.7. The molecule has 4 rings (SSSR count). The first kappa shape index (κ1) is 69.5. The van der Waals surface area contributed by atoms with Crippen molar-refractivity contribution >= 4 is 81.5 Å². The van der Waals surface area contributed by atoms with Crippen LogP contribution in [-0.2, 0) is 67.2 Å². The molecule has 25 heteroatoms. The Labute approximate surface area is 500 Å². The first-order valence-electron chi connectivity index (χ1n) is 28.5. The number of fused-ring (bicyclic) bond motifs is 1. The lowest BCUT2D eigenvalue weighted by Gasteiger charge is -2.29. The van der Waals surface area contributed by atoms with E-state index in [4.69, 9.17) is 17.2 Å². The first-order valence-corrected chi connectivity index (χ1v) is 28.5. The van der Waals surface area contributed by atoms with Crippen molar-refractivity contribution in [2.45, 2.75) is 142 Å². The van der Waals surface area contributed by atoms with Gasteiger partial charge in [-0.25, -0.2) is 4.79 Å². The molecular weight excluding hydrogens is 1110 g/mol. The number of aromatic amines is 1. The molecule has 0 bridgehead atoms. The van der Waals surface area contributed by atoms with Gasteiger partial charge in [-0.15, -0.1) is 0 Å². The topological polar surface area (TPSA) is 419 Å². The molecule has 0 radical (unpaired) electrons. The van der Waals surface area contributed by atoms with Gasteiger partial charge in [-0.3, -0.25) is 52.9 Å². The second-order valence-electron chi connectivity index (χ2n) is 22.7. The van der Waals surface area contributed by atoms with Crippen molar-refractivity contribution in [2.24, 2.45) is 45.4 Å². The van der Waals surface area contributed by atoms with E-state index >= 15 is 0 Å². The Morgan fingerprint density at radius 3 is 1.85 bits per heavy atom. The molecule has 0 unspecified atom stereocenters. The average Bonchev–Trinajstić information content (AvgIpc) is 2.75. The Morgan fingerprint density at radius 2 is 1.24 bits per heavy atom. The minimum Gasteiger partial charge on any atom is -0.508 e. The zero-order chi connectivity index (χ0) is 63.8. The number of rotatable bonds is 36. The fourth-order valence-electron chi connectivity index (χ4n) is 9.64. The highest BCUT2D eigenvalue weighted by molar-refractivity contribution is 6.00. The van der Waals surface area contributed by atoms with Crippen molar-refractivity contribution in [1.29, 1.82) is 0 Å². The summed E-state index contributed by atoms with van der Waals surface area (Å²) in [5, 5.41) is 39.9. The van der Waals surface area contributed by atoms with Gasteiger partial charge >= 0.3 is 6.03 Å². The number of aromatic hydroxyl groups is 1. The number of para-hydroxylation sites is 1. The van der Waals surface area contributed by atoms with Gasteiger partial charge in [0, 0.05) is 69.2 Å². The maximum atomic E-state index is 14.2. The van der Waals surface area contributed by atoms with Crippen LogP contribution in [0.3, 0.4) is 0 Å². The minimum atomic E-state index is -1.63. The summed E-state index contributed by atoms with van der Waals surface area (Å²) in [6.45, 7) is 8.52. The lowest BCUT2D eigenvalue weighted by atomic mass is 9.82. The monoisotopic (exact) mass is 1190 g/mol. The smallest absolute Gasteiger partial charge is 0.315 e. The molecule has 0 aliphatic rings. The normalized spacial score (nSPS) is 14.4. The third-order valence-electron chi connectivity index (χ3n) is 14.5. The Kier molecular flexibility index (Phi) is 27.1. The number of nitrogens with two attached hydrogens (primary N) is 3. The molecular formula is C61H84N12O13. The van der Waals surface area contributed by atoms with Gasteiger partial charge in [0.2, 0.25) is 35.4 Å². The summed E-state index contributed by atoms with van der Waals surface area (Å²) in [5.41, 5.74) is 18.3. The molecule has 4 aromatic rings. The molecule has 0 fully saturated rings. The van der Waals surface area contributed by atoms with Gasteiger partial charge < -0.3 is 69.6 Å². The quantitative estimate of drug-likeness (QED) is 0.0174. The summed E-state index contributed by atoms with van der Waals surface area (Å²) in [5.74, 6) is -10.0. The third kappa shape index (κ3) is 22.9. The molecule has 1 heterocycles. The minimum absolute atomic E-state index is 0.00907. The predicted octanol–water partition coefficient (Wildman–Crippen LogP) is 1.34. The molecule has 0 spiro atoms. The number of urea groups is 1. The molecule has 0 aliphatic heterocycles. The highest BCUT2D eigenvalue weighted by atomic mass is 16.3. The number of nitrogens with zero attached hydrogens (tertiary/aromatic N) is 1. The number of primary amides is 2. The average molecular weight is 1190 g/mol. The fourth-order valence-corrected chi connectivity index (χ4v) is 9.64. The van der Waals surface area contributed by atoms with Crippen molar-refractivity contribution < 1.29 is 63.0 Å². The number of benzene rings is 3. The Hall–Kier alpha value is -9.00. The lowest BCUT2D eigenvalue weighted by Crippen LogP contribution is -2.53. The Morgan fingerprint density at radius 1 is 0.640 bits per heavy atom. The second kappa shape index (κ2) is 33.5. The van der Waals surface area contributed by atoms with E-state index in [0.29, 0.717) is 24.1 Å². The van der Waals surface area contributed by atoms with E-state index in [1.54, 1.807) is 48.7 Å². The molecule has 25 nitrogen and oxygen atoms in total. The molecule has 16 N–H and O–H groups in total. The Bertz CT molecular complexity index is 3050. The van der Waals surface area contributed by atoms with Crippen LogP contribution in [0.1, 0.15) is 103 Å². The molecule has 0 saturated carbocycles. The number of phenols is 1. The van der Waals surface area contributed by atoms with E-state index in [-0.39, 0.29) is 56.2 Å². The number of guanidine groups is 1. The number of aliphatic hydroxyl groups is 1. The van der Waals surface area contributed by atoms with E-state index in [0.717, 1.165) is 16.5 Å². The summed E-state index contributed by atoms with van der Waals surface area (Å²) in [6, 6.07) is 14.5. The van der Waals surface area contributed by atoms with Gasteiger partial charge in [-0.05, 0) is 79.8 Å². The van der Waals surface area contributed by atoms with E-state index < -0.39 is 144 Å². The van der Waals surface area contributed by atoms with Crippen molar-refractivity contribution in [3.8, 4) is 5.75 Å². The van der Waals surface area contributed by atoms with Crippen LogP contribution in [0.5, 0.6) is 5.75 Å². The summed E-state index contributed by atoms with van der Waals surface area (Å²) in [7, 11) is 1.50. The molecule has 0 aliphatic carbocycles. The summed E-state index contributed by atoms with van der Waals surface area (Å²) >= 11 is 0. The molecule has 86 heavy (non-hydrogen) atoms. The largest absolute Gasteiger partial charge is 0.508 e. The number of H-pyrrole nitrogens is 1. The summed E-state index contributed by atoms with van der Waals surface area (Å²) in [4.78, 5) is 156.